The van der Waals surface area contributed by atoms with Crippen molar-refractivity contribution in [2.75, 3.05) is 31.5 Å². The number of hydrogen-bond donors (Lipinski definition) is 1. The van der Waals surface area contributed by atoms with Crippen LogP contribution in [0.2, 0.25) is 0 Å². The van der Waals surface area contributed by atoms with Crippen LogP contribution in [-0.4, -0.2) is 53.7 Å². The Kier molecular flexibility index (Phi) is 8.60. The number of ketones is 1. The van der Waals surface area contributed by atoms with Crippen LogP contribution in [0, 0.1) is 5.92 Å². The van der Waals surface area contributed by atoms with E-state index in [1.165, 1.54) is 36.0 Å². The van der Waals surface area contributed by atoms with Crippen LogP contribution in [0.3, 0.4) is 0 Å². The van der Waals surface area contributed by atoms with Crippen molar-refractivity contribution in [3.63, 3.8) is 0 Å². The number of hydrogen-bond acceptors (Lipinski definition) is 4. The van der Waals surface area contributed by atoms with Gasteiger partial charge >= 0.3 is 0 Å². The van der Waals surface area contributed by atoms with Gasteiger partial charge in [-0.1, -0.05) is 43.2 Å². The Balaban J connectivity index is 1.12. The zero-order chi connectivity index (χ0) is 25.6. The Morgan fingerprint density at radius 1 is 0.946 bits per heavy atom. The number of carbonyl (C=O) groups is 2. The molecule has 0 bridgehead atoms. The topological polar surface area (TPSA) is 52.7 Å². The molecule has 1 aliphatic carbocycles. The summed E-state index contributed by atoms with van der Waals surface area (Å²) in [7, 11) is 0. The van der Waals surface area contributed by atoms with Gasteiger partial charge in [0.2, 0.25) is 0 Å². The molecule has 1 amide bonds. The molecule has 2 unspecified atom stereocenters. The average Bonchev–Trinajstić information content (AvgIpc) is 3.14. The maximum Gasteiger partial charge on any atom is 0.254 e. The first-order valence-electron chi connectivity index (χ1n) is 14.5. The standard InChI is InChI=1S/C32H43N3O2/c1-24(36)10-11-25-6-4-9-29(14-12-25)33-30-15-13-27-17-21-35(32(37)31(27)22-30)19-5-18-34-20-16-26-7-2-3-8-28(26)23-34/h2-3,7-8,13,15,22,25,29,33H,4-6,9-12,14,16-21,23H2,1H3. The number of fused-ring (bicyclic) bond motifs is 2. The van der Waals surface area contributed by atoms with Gasteiger partial charge in [-0.3, -0.25) is 9.69 Å². The Bertz CT molecular complexity index is 1100. The van der Waals surface area contributed by atoms with E-state index in [4.69, 9.17) is 0 Å². The van der Waals surface area contributed by atoms with Gasteiger partial charge in [-0.05, 0) is 86.6 Å². The summed E-state index contributed by atoms with van der Waals surface area (Å²) in [5.41, 5.74) is 6.09. The van der Waals surface area contributed by atoms with Gasteiger partial charge < -0.3 is 15.0 Å². The second-order valence-corrected chi connectivity index (χ2v) is 11.5. The number of benzene rings is 2. The van der Waals surface area contributed by atoms with Gasteiger partial charge in [0.1, 0.15) is 5.78 Å². The third kappa shape index (κ3) is 6.81. The second-order valence-electron chi connectivity index (χ2n) is 11.5. The molecule has 0 saturated heterocycles. The minimum Gasteiger partial charge on any atom is -0.382 e. The Labute approximate surface area is 222 Å². The molecule has 0 radical (unpaired) electrons. The number of carbonyl (C=O) groups excluding carboxylic acids is 2. The fourth-order valence-electron chi connectivity index (χ4n) is 6.51. The average molecular weight is 502 g/mol. The molecular formula is C32H43N3O2. The summed E-state index contributed by atoms with van der Waals surface area (Å²) >= 11 is 0. The molecular weight excluding hydrogens is 458 g/mol. The quantitative estimate of drug-likeness (QED) is 0.437. The van der Waals surface area contributed by atoms with Crippen molar-refractivity contribution in [3.05, 3.63) is 64.7 Å². The van der Waals surface area contributed by atoms with Crippen LogP contribution in [0.15, 0.2) is 42.5 Å². The minimum atomic E-state index is 0.194. The first-order chi connectivity index (χ1) is 18.0. The summed E-state index contributed by atoms with van der Waals surface area (Å²) in [4.78, 5) is 29.4. The van der Waals surface area contributed by atoms with E-state index < -0.39 is 0 Å². The van der Waals surface area contributed by atoms with Gasteiger partial charge in [0.05, 0.1) is 0 Å². The van der Waals surface area contributed by atoms with Gasteiger partial charge in [0.15, 0.2) is 0 Å². The van der Waals surface area contributed by atoms with Crippen LogP contribution in [0.4, 0.5) is 5.69 Å². The van der Waals surface area contributed by atoms with Crippen molar-refractivity contribution in [2.45, 2.75) is 83.7 Å². The molecule has 0 spiro atoms. The highest BCUT2D eigenvalue weighted by atomic mass is 16.2. The van der Waals surface area contributed by atoms with Crippen LogP contribution in [-0.2, 0) is 24.2 Å². The first-order valence-corrected chi connectivity index (χ1v) is 14.5. The molecule has 2 aliphatic heterocycles. The predicted molar refractivity (Wildman–Crippen MR) is 150 cm³/mol. The third-order valence-corrected chi connectivity index (χ3v) is 8.75. The van der Waals surface area contributed by atoms with E-state index in [1.807, 2.05) is 0 Å². The highest BCUT2D eigenvalue weighted by Gasteiger charge is 2.26. The minimum absolute atomic E-state index is 0.194. The van der Waals surface area contributed by atoms with Crippen molar-refractivity contribution < 1.29 is 9.59 Å². The molecule has 5 heteroatoms. The van der Waals surface area contributed by atoms with Crippen molar-refractivity contribution in [1.29, 1.82) is 0 Å². The van der Waals surface area contributed by atoms with E-state index in [-0.39, 0.29) is 5.91 Å². The largest absolute Gasteiger partial charge is 0.382 e. The van der Waals surface area contributed by atoms with Crippen molar-refractivity contribution >= 4 is 17.4 Å². The molecule has 2 heterocycles. The lowest BCUT2D eigenvalue weighted by Crippen LogP contribution is -2.40. The van der Waals surface area contributed by atoms with Crippen LogP contribution in [0.1, 0.15) is 85.3 Å². The SMILES string of the molecule is CC(=O)CCC1CCCC(Nc2ccc3c(c2)C(=O)N(CCCN2CCc4ccccc4C2)CC3)CC1. The lowest BCUT2D eigenvalue weighted by atomic mass is 9.94. The maximum atomic E-state index is 13.4. The normalized spacial score (nSPS) is 22.2. The Morgan fingerprint density at radius 2 is 1.78 bits per heavy atom. The molecule has 5 rings (SSSR count). The molecule has 1 fully saturated rings. The molecule has 2 atom stereocenters. The van der Waals surface area contributed by atoms with Gasteiger partial charge in [0, 0.05) is 56.4 Å². The number of amides is 1. The molecule has 3 aliphatic rings. The summed E-state index contributed by atoms with van der Waals surface area (Å²) < 4.78 is 0. The summed E-state index contributed by atoms with van der Waals surface area (Å²) in [5, 5.41) is 3.74. The summed E-state index contributed by atoms with van der Waals surface area (Å²) in [6.07, 6.45) is 10.8. The van der Waals surface area contributed by atoms with E-state index in [1.54, 1.807) is 6.92 Å². The van der Waals surface area contributed by atoms with E-state index in [0.29, 0.717) is 17.7 Å². The van der Waals surface area contributed by atoms with E-state index in [9.17, 15) is 9.59 Å². The molecule has 198 valence electrons. The molecule has 5 nitrogen and oxygen atoms in total. The Morgan fingerprint density at radius 3 is 2.65 bits per heavy atom. The maximum absolute atomic E-state index is 13.4. The van der Waals surface area contributed by atoms with Crippen LogP contribution in [0.5, 0.6) is 0 Å². The highest BCUT2D eigenvalue weighted by molar-refractivity contribution is 5.97. The predicted octanol–water partition coefficient (Wildman–Crippen LogP) is 5.86. The number of nitrogens with one attached hydrogen (secondary N) is 1. The second kappa shape index (κ2) is 12.3. The molecule has 0 aromatic heterocycles. The molecule has 1 saturated carbocycles. The monoisotopic (exact) mass is 501 g/mol. The molecule has 2 aromatic carbocycles. The van der Waals surface area contributed by atoms with Crippen molar-refractivity contribution in [2.24, 2.45) is 5.92 Å². The molecule has 1 N–H and O–H groups in total. The fraction of sp³-hybridized carbons (Fsp3) is 0.562. The number of nitrogens with zero attached hydrogens (tertiary/aromatic N) is 2. The lowest BCUT2D eigenvalue weighted by Gasteiger charge is -2.32. The van der Waals surface area contributed by atoms with Crippen LogP contribution >= 0.6 is 0 Å². The van der Waals surface area contributed by atoms with Crippen LogP contribution in [0.25, 0.3) is 0 Å². The Hall–Kier alpha value is -2.66. The number of rotatable bonds is 9. The first kappa shape index (κ1) is 26.0. The fourth-order valence-corrected chi connectivity index (χ4v) is 6.51. The zero-order valence-corrected chi connectivity index (χ0v) is 22.5. The summed E-state index contributed by atoms with van der Waals surface area (Å²) in [6.45, 7) is 6.54. The van der Waals surface area contributed by atoms with E-state index >= 15 is 0 Å². The van der Waals surface area contributed by atoms with Gasteiger partial charge in [-0.2, -0.15) is 0 Å². The number of anilines is 1. The third-order valence-electron chi connectivity index (χ3n) is 8.75. The summed E-state index contributed by atoms with van der Waals surface area (Å²) in [5.74, 6) is 1.18. The number of Topliss-reactive ketones (excluding diaryl/α,β-unsaturated/α-hetero) is 1. The van der Waals surface area contributed by atoms with E-state index in [2.05, 4.69) is 57.6 Å². The van der Waals surface area contributed by atoms with Gasteiger partial charge in [-0.15, -0.1) is 0 Å². The zero-order valence-electron chi connectivity index (χ0n) is 22.5. The highest BCUT2D eigenvalue weighted by Crippen LogP contribution is 2.30. The smallest absolute Gasteiger partial charge is 0.254 e. The van der Waals surface area contributed by atoms with Crippen molar-refractivity contribution in [3.8, 4) is 0 Å². The van der Waals surface area contributed by atoms with Crippen molar-refractivity contribution in [1.82, 2.24) is 9.80 Å². The van der Waals surface area contributed by atoms with E-state index in [0.717, 1.165) is 88.9 Å². The molecule has 37 heavy (non-hydrogen) atoms. The summed E-state index contributed by atoms with van der Waals surface area (Å²) in [6, 6.07) is 15.6. The lowest BCUT2D eigenvalue weighted by molar-refractivity contribution is -0.117. The van der Waals surface area contributed by atoms with Crippen LogP contribution < -0.4 is 5.32 Å². The van der Waals surface area contributed by atoms with Gasteiger partial charge in [-0.25, -0.2) is 0 Å². The van der Waals surface area contributed by atoms with Gasteiger partial charge in [0.25, 0.3) is 5.91 Å². The molecule has 2 aromatic rings.